The van der Waals surface area contributed by atoms with Crippen LogP contribution in [0.4, 0.5) is 0 Å². The predicted molar refractivity (Wildman–Crippen MR) is 79.2 cm³/mol. The quantitative estimate of drug-likeness (QED) is 0.910. The number of β-amino-alcohol motifs (C(OH)–C–C–N with tert-alkyl or cyclic N) is 1. The first kappa shape index (κ1) is 14.3. The molecule has 0 spiro atoms. The van der Waals surface area contributed by atoms with Crippen molar-refractivity contribution < 1.29 is 5.11 Å². The van der Waals surface area contributed by atoms with Gasteiger partial charge in [0, 0.05) is 37.3 Å². The van der Waals surface area contributed by atoms with Crippen LogP contribution in [0.15, 0.2) is 29.1 Å². The van der Waals surface area contributed by atoms with Crippen LogP contribution in [-0.4, -0.2) is 37.4 Å². The molecule has 0 aliphatic carbocycles. The van der Waals surface area contributed by atoms with Gasteiger partial charge in [0.2, 0.25) is 0 Å². The molecular weight excluding hydrogens is 292 g/mol. The summed E-state index contributed by atoms with van der Waals surface area (Å²) in [6.07, 6.45) is -0.652. The lowest BCUT2D eigenvalue weighted by atomic mass is 10.1. The average molecular weight is 309 g/mol. The summed E-state index contributed by atoms with van der Waals surface area (Å²) in [4.78, 5) is 13.9. The number of hydrogen-bond acceptors (Lipinski definition) is 4. The zero-order valence-electron chi connectivity index (χ0n) is 11.7. The molecule has 112 valence electrons. The minimum Gasteiger partial charge on any atom is -0.387 e. The van der Waals surface area contributed by atoms with Gasteiger partial charge in [-0.1, -0.05) is 29.8 Å². The van der Waals surface area contributed by atoms with Gasteiger partial charge in [-0.15, -0.1) is 0 Å². The fourth-order valence-electron chi connectivity index (χ4n) is 2.66. The van der Waals surface area contributed by atoms with E-state index in [1.165, 1.54) is 4.68 Å². The first-order chi connectivity index (χ1) is 10.1. The van der Waals surface area contributed by atoms with Crippen molar-refractivity contribution >= 4 is 11.6 Å². The van der Waals surface area contributed by atoms with Gasteiger partial charge in [0.15, 0.2) is 0 Å². The maximum Gasteiger partial charge on any atom is 0.345 e. The van der Waals surface area contributed by atoms with Gasteiger partial charge in [-0.3, -0.25) is 9.47 Å². The summed E-state index contributed by atoms with van der Waals surface area (Å²) < 4.78 is 3.03. The first-order valence-electron chi connectivity index (χ1n) is 6.84. The normalized spacial score (nSPS) is 16.7. The minimum atomic E-state index is -0.652. The molecule has 7 heteroatoms. The molecule has 1 aromatic carbocycles. The Hall–Kier alpha value is -1.63. The number of halogens is 1. The number of nitrogens with zero attached hydrogens (tertiary/aromatic N) is 4. The molecule has 1 aliphatic heterocycles. The molecule has 2 heterocycles. The van der Waals surface area contributed by atoms with Crippen LogP contribution in [0.2, 0.25) is 5.02 Å². The second-order valence-corrected chi connectivity index (χ2v) is 5.65. The molecule has 0 saturated heterocycles. The molecule has 1 N–H and O–H groups in total. The van der Waals surface area contributed by atoms with E-state index in [9.17, 15) is 9.90 Å². The van der Waals surface area contributed by atoms with Gasteiger partial charge in [0.25, 0.3) is 0 Å². The Morgan fingerprint density at radius 1 is 1.38 bits per heavy atom. The van der Waals surface area contributed by atoms with Gasteiger partial charge < -0.3 is 5.11 Å². The molecule has 6 nitrogen and oxygen atoms in total. The summed E-state index contributed by atoms with van der Waals surface area (Å²) in [5, 5.41) is 15.1. The monoisotopic (exact) mass is 308 g/mol. The summed E-state index contributed by atoms with van der Waals surface area (Å²) in [6, 6.07) is 7.30. The van der Waals surface area contributed by atoms with Crippen molar-refractivity contribution in [3.63, 3.8) is 0 Å². The minimum absolute atomic E-state index is 0.0868. The summed E-state index contributed by atoms with van der Waals surface area (Å²) in [5.74, 6) is 0.736. The van der Waals surface area contributed by atoms with Gasteiger partial charge in [0.05, 0.1) is 12.6 Å². The van der Waals surface area contributed by atoms with Gasteiger partial charge in [0.1, 0.15) is 5.82 Å². The molecule has 0 bridgehead atoms. The molecule has 1 aliphatic rings. The molecule has 1 unspecified atom stereocenters. The second-order valence-electron chi connectivity index (χ2n) is 5.25. The van der Waals surface area contributed by atoms with E-state index < -0.39 is 6.10 Å². The van der Waals surface area contributed by atoms with Crippen molar-refractivity contribution in [3.8, 4) is 0 Å². The van der Waals surface area contributed by atoms with E-state index in [1.54, 1.807) is 17.7 Å². The maximum absolute atomic E-state index is 11.8. The summed E-state index contributed by atoms with van der Waals surface area (Å²) in [5.41, 5.74) is 0.638. The van der Waals surface area contributed by atoms with E-state index in [-0.39, 0.29) is 5.69 Å². The lowest BCUT2D eigenvalue weighted by molar-refractivity contribution is 0.0959. The van der Waals surface area contributed by atoms with Crippen molar-refractivity contribution in [1.82, 2.24) is 19.2 Å². The smallest absolute Gasteiger partial charge is 0.345 e. The van der Waals surface area contributed by atoms with Gasteiger partial charge in [-0.25, -0.2) is 9.48 Å². The molecule has 0 radical (unpaired) electrons. The highest BCUT2D eigenvalue weighted by Crippen LogP contribution is 2.24. The van der Waals surface area contributed by atoms with Crippen molar-refractivity contribution in [2.24, 2.45) is 7.05 Å². The molecular formula is C14H17ClN4O2. The van der Waals surface area contributed by atoms with Crippen LogP contribution in [0.25, 0.3) is 0 Å². The molecule has 0 amide bonds. The van der Waals surface area contributed by atoms with E-state index in [0.29, 0.717) is 31.2 Å². The lowest BCUT2D eigenvalue weighted by Crippen LogP contribution is -2.39. The van der Waals surface area contributed by atoms with Gasteiger partial charge in [-0.05, 0) is 6.07 Å². The SMILES string of the molecule is Cn1nc2n(c1=O)CCN(CC(O)c1ccccc1Cl)C2. The third-order valence-electron chi connectivity index (χ3n) is 3.78. The summed E-state index contributed by atoms with van der Waals surface area (Å²) in [7, 11) is 1.65. The molecule has 1 atom stereocenters. The number of aliphatic hydroxyl groups is 1. The predicted octanol–water partition coefficient (Wildman–Crippen LogP) is 0.784. The van der Waals surface area contributed by atoms with E-state index in [0.717, 1.165) is 11.4 Å². The maximum atomic E-state index is 11.8. The molecule has 2 aromatic rings. The van der Waals surface area contributed by atoms with E-state index in [1.807, 2.05) is 18.2 Å². The fraction of sp³-hybridized carbons (Fsp3) is 0.429. The van der Waals surface area contributed by atoms with Gasteiger partial charge >= 0.3 is 5.69 Å². The Balaban J connectivity index is 1.73. The zero-order chi connectivity index (χ0) is 15.0. The summed E-state index contributed by atoms with van der Waals surface area (Å²) >= 11 is 6.10. The Morgan fingerprint density at radius 3 is 2.90 bits per heavy atom. The highest BCUT2D eigenvalue weighted by atomic mass is 35.5. The van der Waals surface area contributed by atoms with Crippen LogP contribution in [0.1, 0.15) is 17.5 Å². The number of aromatic nitrogens is 3. The Morgan fingerprint density at radius 2 is 2.14 bits per heavy atom. The first-order valence-corrected chi connectivity index (χ1v) is 7.21. The zero-order valence-corrected chi connectivity index (χ0v) is 12.5. The highest BCUT2D eigenvalue weighted by molar-refractivity contribution is 6.31. The van der Waals surface area contributed by atoms with Crippen molar-refractivity contribution in [1.29, 1.82) is 0 Å². The number of fused-ring (bicyclic) bond motifs is 1. The Bertz CT molecular complexity index is 709. The lowest BCUT2D eigenvalue weighted by Gasteiger charge is -2.28. The Kier molecular flexibility index (Phi) is 3.84. The molecule has 0 saturated carbocycles. The largest absolute Gasteiger partial charge is 0.387 e. The Labute approximate surface area is 127 Å². The van der Waals surface area contributed by atoms with Crippen LogP contribution in [0, 0.1) is 0 Å². The van der Waals surface area contributed by atoms with Gasteiger partial charge in [-0.2, -0.15) is 5.10 Å². The third-order valence-corrected chi connectivity index (χ3v) is 4.13. The van der Waals surface area contributed by atoms with Crippen LogP contribution >= 0.6 is 11.6 Å². The fourth-order valence-corrected chi connectivity index (χ4v) is 2.92. The van der Waals surface area contributed by atoms with Crippen molar-refractivity contribution in [2.45, 2.75) is 19.2 Å². The third kappa shape index (κ3) is 2.74. The van der Waals surface area contributed by atoms with E-state index in [2.05, 4.69) is 10.00 Å². The molecule has 3 rings (SSSR count). The van der Waals surface area contributed by atoms with E-state index in [4.69, 9.17) is 11.6 Å². The topological polar surface area (TPSA) is 63.3 Å². The molecule has 1 aromatic heterocycles. The van der Waals surface area contributed by atoms with Crippen LogP contribution in [0.5, 0.6) is 0 Å². The molecule has 21 heavy (non-hydrogen) atoms. The van der Waals surface area contributed by atoms with Crippen LogP contribution in [-0.2, 0) is 20.1 Å². The summed E-state index contributed by atoms with van der Waals surface area (Å²) in [6.45, 7) is 2.32. The number of rotatable bonds is 3. The highest BCUT2D eigenvalue weighted by Gasteiger charge is 2.23. The number of aryl methyl sites for hydroxylation is 1. The van der Waals surface area contributed by atoms with E-state index >= 15 is 0 Å². The van der Waals surface area contributed by atoms with Crippen molar-refractivity contribution in [2.75, 3.05) is 13.1 Å². The second kappa shape index (κ2) is 5.63. The van der Waals surface area contributed by atoms with Crippen LogP contribution in [0.3, 0.4) is 0 Å². The van der Waals surface area contributed by atoms with Crippen LogP contribution < -0.4 is 5.69 Å². The average Bonchev–Trinajstić information content (AvgIpc) is 2.74. The standard InChI is InChI=1S/C14H17ClN4O2/c1-17-14(21)19-7-6-18(9-13(19)16-17)8-12(20)10-4-2-3-5-11(10)15/h2-5,12,20H,6-9H2,1H3. The number of hydrogen-bond donors (Lipinski definition) is 1. The number of aliphatic hydroxyl groups excluding tert-OH is 1. The number of benzene rings is 1. The van der Waals surface area contributed by atoms with Crippen molar-refractivity contribution in [3.05, 3.63) is 51.2 Å². The molecule has 0 fully saturated rings.